The Morgan fingerprint density at radius 3 is 3.06 bits per heavy atom. The van der Waals surface area contributed by atoms with Crippen molar-refractivity contribution in [3.05, 3.63) is 42.1 Å². The molecule has 3 rings (SSSR count). The summed E-state index contributed by atoms with van der Waals surface area (Å²) in [4.78, 5) is 15.6. The third-order valence-electron chi connectivity index (χ3n) is 3.49. The van der Waals surface area contributed by atoms with Gasteiger partial charge in [-0.3, -0.25) is 9.79 Å². The molecule has 1 aromatic carbocycles. The molecule has 0 fully saturated rings. The Bertz CT molecular complexity index is 548. The fourth-order valence-electron chi connectivity index (χ4n) is 2.54. The van der Waals surface area contributed by atoms with Crippen molar-refractivity contribution in [2.45, 2.75) is 6.42 Å². The van der Waals surface area contributed by atoms with Gasteiger partial charge in [0.2, 0.25) is 0 Å². The van der Waals surface area contributed by atoms with Gasteiger partial charge >= 0.3 is 5.97 Å². The SMILES string of the molecule is O=C(O)C1CN=C2c3ccccc3NC=CC2C1. The van der Waals surface area contributed by atoms with Crippen molar-refractivity contribution in [3.63, 3.8) is 0 Å². The van der Waals surface area contributed by atoms with E-state index in [4.69, 9.17) is 5.11 Å². The molecule has 0 amide bonds. The Balaban J connectivity index is 2.03. The lowest BCUT2D eigenvalue weighted by molar-refractivity contribution is -0.141. The number of rotatable bonds is 1. The normalized spacial score (nSPS) is 25.2. The van der Waals surface area contributed by atoms with Gasteiger partial charge in [0.25, 0.3) is 0 Å². The first kappa shape index (κ1) is 11.0. The predicted molar refractivity (Wildman–Crippen MR) is 69.8 cm³/mol. The van der Waals surface area contributed by atoms with Gasteiger partial charge in [0, 0.05) is 17.2 Å². The Morgan fingerprint density at radius 1 is 1.39 bits per heavy atom. The lowest BCUT2D eigenvalue weighted by Crippen LogP contribution is -2.29. The van der Waals surface area contributed by atoms with Crippen molar-refractivity contribution < 1.29 is 9.90 Å². The predicted octanol–water partition coefficient (Wildman–Crippen LogP) is 2.14. The number of nitrogens with zero attached hydrogens (tertiary/aromatic N) is 1. The van der Waals surface area contributed by atoms with Crippen LogP contribution in [0.25, 0.3) is 0 Å². The number of allylic oxidation sites excluding steroid dienone is 1. The first-order valence-corrected chi connectivity index (χ1v) is 6.05. The van der Waals surface area contributed by atoms with E-state index in [2.05, 4.69) is 10.3 Å². The van der Waals surface area contributed by atoms with Crippen molar-refractivity contribution in [3.8, 4) is 0 Å². The molecule has 4 heteroatoms. The first-order chi connectivity index (χ1) is 8.75. The zero-order valence-corrected chi connectivity index (χ0v) is 9.84. The Morgan fingerprint density at radius 2 is 2.22 bits per heavy atom. The maximum atomic E-state index is 11.1. The second-order valence-electron chi connectivity index (χ2n) is 4.65. The molecular formula is C14H14N2O2. The summed E-state index contributed by atoms with van der Waals surface area (Å²) in [6.07, 6.45) is 4.52. The second-order valence-corrected chi connectivity index (χ2v) is 4.65. The van der Waals surface area contributed by atoms with Gasteiger partial charge in [-0.25, -0.2) is 0 Å². The Labute approximate surface area is 105 Å². The summed E-state index contributed by atoms with van der Waals surface area (Å²) >= 11 is 0. The molecule has 0 aromatic heterocycles. The maximum absolute atomic E-state index is 11.1. The number of carbonyl (C=O) groups is 1. The van der Waals surface area contributed by atoms with E-state index in [0.29, 0.717) is 13.0 Å². The maximum Gasteiger partial charge on any atom is 0.308 e. The second kappa shape index (κ2) is 4.29. The topological polar surface area (TPSA) is 61.7 Å². The quantitative estimate of drug-likeness (QED) is 0.793. The van der Waals surface area contributed by atoms with Gasteiger partial charge in [-0.2, -0.15) is 0 Å². The van der Waals surface area contributed by atoms with Crippen molar-refractivity contribution in [1.29, 1.82) is 0 Å². The van der Waals surface area contributed by atoms with Gasteiger partial charge in [0.05, 0.1) is 18.2 Å². The number of anilines is 1. The van der Waals surface area contributed by atoms with Crippen molar-refractivity contribution in [2.24, 2.45) is 16.8 Å². The monoisotopic (exact) mass is 242 g/mol. The molecule has 0 spiro atoms. The first-order valence-electron chi connectivity index (χ1n) is 6.05. The van der Waals surface area contributed by atoms with E-state index in [1.807, 2.05) is 36.5 Å². The van der Waals surface area contributed by atoms with Crippen LogP contribution in [-0.2, 0) is 4.79 Å². The van der Waals surface area contributed by atoms with Crippen LogP contribution in [0.5, 0.6) is 0 Å². The molecule has 4 nitrogen and oxygen atoms in total. The lowest BCUT2D eigenvalue weighted by Gasteiger charge is -2.24. The molecule has 2 atom stereocenters. The number of hydrogen-bond donors (Lipinski definition) is 2. The summed E-state index contributed by atoms with van der Waals surface area (Å²) in [5.41, 5.74) is 3.12. The highest BCUT2D eigenvalue weighted by Crippen LogP contribution is 2.30. The lowest BCUT2D eigenvalue weighted by atomic mass is 9.85. The van der Waals surface area contributed by atoms with Gasteiger partial charge in [-0.1, -0.05) is 24.3 Å². The molecule has 92 valence electrons. The number of nitrogens with one attached hydrogen (secondary N) is 1. The average molecular weight is 242 g/mol. The highest BCUT2D eigenvalue weighted by atomic mass is 16.4. The van der Waals surface area contributed by atoms with E-state index in [1.54, 1.807) is 0 Å². The molecule has 2 aliphatic rings. The summed E-state index contributed by atoms with van der Waals surface area (Å²) in [5, 5.41) is 12.3. The number of aliphatic imine (C=N–C) groups is 1. The number of aliphatic carboxylic acids is 1. The number of para-hydroxylation sites is 1. The molecule has 2 aliphatic heterocycles. The largest absolute Gasteiger partial charge is 0.481 e. The highest BCUT2D eigenvalue weighted by Gasteiger charge is 2.30. The standard InChI is InChI=1S/C14H14N2O2/c17-14(18)10-7-9-5-6-15-12-4-2-1-3-11(12)13(9)16-8-10/h1-6,9-10,15H,7-8H2,(H,17,18). The minimum absolute atomic E-state index is 0.0935. The molecule has 1 aromatic rings. The third-order valence-corrected chi connectivity index (χ3v) is 3.49. The van der Waals surface area contributed by atoms with Gasteiger partial charge in [0.15, 0.2) is 0 Å². The van der Waals surface area contributed by atoms with Gasteiger partial charge in [0.1, 0.15) is 0 Å². The molecule has 0 saturated heterocycles. The van der Waals surface area contributed by atoms with Crippen LogP contribution in [0.2, 0.25) is 0 Å². The molecule has 18 heavy (non-hydrogen) atoms. The zero-order valence-electron chi connectivity index (χ0n) is 9.84. The molecule has 0 saturated carbocycles. The van der Waals surface area contributed by atoms with Crippen molar-refractivity contribution in [1.82, 2.24) is 0 Å². The van der Waals surface area contributed by atoms with E-state index in [9.17, 15) is 4.79 Å². The minimum Gasteiger partial charge on any atom is -0.481 e. The van der Waals surface area contributed by atoms with E-state index in [-0.39, 0.29) is 11.8 Å². The molecule has 2 N–H and O–H groups in total. The zero-order chi connectivity index (χ0) is 12.5. The summed E-state index contributed by atoms with van der Waals surface area (Å²) in [7, 11) is 0. The van der Waals surface area contributed by atoms with Gasteiger partial charge in [-0.15, -0.1) is 0 Å². The van der Waals surface area contributed by atoms with E-state index in [1.165, 1.54) is 0 Å². The van der Waals surface area contributed by atoms with Crippen LogP contribution in [0.4, 0.5) is 5.69 Å². The summed E-state index contributed by atoms with van der Waals surface area (Å²) in [6.45, 7) is 0.378. The van der Waals surface area contributed by atoms with Crippen molar-refractivity contribution in [2.75, 3.05) is 11.9 Å². The Kier molecular flexibility index (Phi) is 2.63. The number of benzene rings is 1. The fourth-order valence-corrected chi connectivity index (χ4v) is 2.54. The Hall–Kier alpha value is -2.10. The molecule has 2 heterocycles. The van der Waals surface area contributed by atoms with Crippen LogP contribution in [-0.4, -0.2) is 23.3 Å². The average Bonchev–Trinajstić information content (AvgIpc) is 2.57. The number of carboxylic acid groups (broad SMARTS) is 1. The number of hydrogen-bond acceptors (Lipinski definition) is 3. The van der Waals surface area contributed by atoms with E-state index < -0.39 is 5.97 Å². The number of fused-ring (bicyclic) bond motifs is 3. The summed E-state index contributed by atoms with van der Waals surface area (Å²) < 4.78 is 0. The van der Waals surface area contributed by atoms with Crippen LogP contribution in [0, 0.1) is 11.8 Å². The smallest absolute Gasteiger partial charge is 0.308 e. The third kappa shape index (κ3) is 1.79. The van der Waals surface area contributed by atoms with E-state index in [0.717, 1.165) is 17.0 Å². The molecule has 0 radical (unpaired) electrons. The van der Waals surface area contributed by atoms with E-state index >= 15 is 0 Å². The van der Waals surface area contributed by atoms with Crippen molar-refractivity contribution >= 4 is 17.4 Å². The van der Waals surface area contributed by atoms with Gasteiger partial charge in [-0.05, 0) is 18.7 Å². The molecular weight excluding hydrogens is 228 g/mol. The fraction of sp³-hybridized carbons (Fsp3) is 0.286. The molecule has 0 aliphatic carbocycles. The minimum atomic E-state index is -0.753. The van der Waals surface area contributed by atoms with Crippen LogP contribution >= 0.6 is 0 Å². The molecule has 2 unspecified atom stereocenters. The number of carboxylic acids is 1. The summed E-state index contributed by atoms with van der Waals surface area (Å²) in [5.74, 6) is -1.03. The van der Waals surface area contributed by atoms with Crippen LogP contribution in [0.3, 0.4) is 0 Å². The highest BCUT2D eigenvalue weighted by molar-refractivity contribution is 6.08. The van der Waals surface area contributed by atoms with Crippen LogP contribution in [0.15, 0.2) is 41.5 Å². The molecule has 0 bridgehead atoms. The van der Waals surface area contributed by atoms with Crippen LogP contribution in [0.1, 0.15) is 12.0 Å². The van der Waals surface area contributed by atoms with Crippen LogP contribution < -0.4 is 5.32 Å². The van der Waals surface area contributed by atoms with Gasteiger partial charge < -0.3 is 10.4 Å². The summed E-state index contributed by atoms with van der Waals surface area (Å²) in [6, 6.07) is 7.99.